The van der Waals surface area contributed by atoms with Crippen molar-refractivity contribution in [2.24, 2.45) is 0 Å². The first-order chi connectivity index (χ1) is 7.72. The van der Waals surface area contributed by atoms with Gasteiger partial charge in [0.1, 0.15) is 0 Å². The zero-order chi connectivity index (χ0) is 12.0. The summed E-state index contributed by atoms with van der Waals surface area (Å²) in [5.74, 6) is 1.09. The molecule has 1 N–H and O–H groups in total. The molecular formula is C12H19NO3. The van der Waals surface area contributed by atoms with E-state index in [0.29, 0.717) is 23.6 Å². The second-order valence-electron chi connectivity index (χ2n) is 3.33. The van der Waals surface area contributed by atoms with Gasteiger partial charge < -0.3 is 14.8 Å². The first-order valence-corrected chi connectivity index (χ1v) is 5.23. The summed E-state index contributed by atoms with van der Waals surface area (Å²) in [6, 6.07) is 5.11. The molecule has 0 aromatic heterocycles. The number of methoxy groups -OCH3 is 2. The number of nitrogens with one attached hydrogen (secondary N) is 1. The van der Waals surface area contributed by atoms with Gasteiger partial charge in [0, 0.05) is 13.5 Å². The summed E-state index contributed by atoms with van der Waals surface area (Å²) in [4.78, 5) is 11.7. The minimum atomic E-state index is -0.0946. The summed E-state index contributed by atoms with van der Waals surface area (Å²) in [7, 11) is 3.11. The summed E-state index contributed by atoms with van der Waals surface area (Å²) < 4.78 is 10.2. The molecule has 4 nitrogen and oxygen atoms in total. The summed E-state index contributed by atoms with van der Waals surface area (Å²) in [5, 5.41) is 2.80. The van der Waals surface area contributed by atoms with Gasteiger partial charge in [-0.05, 0) is 24.6 Å². The number of hydrogen-bond donors (Lipinski definition) is 1. The number of carbonyl (C=O) groups is 1. The minimum absolute atomic E-state index is 0. The van der Waals surface area contributed by atoms with Crippen LogP contribution in [-0.4, -0.2) is 26.7 Å². The fourth-order valence-electron chi connectivity index (χ4n) is 1.32. The maximum absolute atomic E-state index is 11.7. The van der Waals surface area contributed by atoms with Gasteiger partial charge in [0.2, 0.25) is 0 Å². The lowest BCUT2D eigenvalue weighted by Crippen LogP contribution is -2.23. The molecule has 0 unspecified atom stereocenters. The highest BCUT2D eigenvalue weighted by Gasteiger charge is 2.09. The zero-order valence-electron chi connectivity index (χ0n) is 9.87. The van der Waals surface area contributed by atoms with Crippen molar-refractivity contribution >= 4 is 5.91 Å². The third kappa shape index (κ3) is 2.89. The van der Waals surface area contributed by atoms with Gasteiger partial charge >= 0.3 is 0 Å². The Labute approximate surface area is 97.0 Å². The van der Waals surface area contributed by atoms with E-state index in [1.165, 1.54) is 0 Å². The summed E-state index contributed by atoms with van der Waals surface area (Å²) in [6.07, 6.45) is 0.916. The van der Waals surface area contributed by atoms with Gasteiger partial charge in [-0.25, -0.2) is 0 Å². The predicted molar refractivity (Wildman–Crippen MR) is 64.3 cm³/mol. The van der Waals surface area contributed by atoms with Crippen LogP contribution in [0.1, 0.15) is 25.1 Å². The number of benzene rings is 1. The van der Waals surface area contributed by atoms with Gasteiger partial charge in [-0.1, -0.05) is 6.92 Å². The van der Waals surface area contributed by atoms with Gasteiger partial charge in [-0.15, -0.1) is 0 Å². The zero-order valence-corrected chi connectivity index (χ0v) is 9.87. The number of amides is 1. The van der Waals surface area contributed by atoms with Crippen LogP contribution < -0.4 is 14.8 Å². The fourth-order valence-corrected chi connectivity index (χ4v) is 1.32. The molecular weight excluding hydrogens is 206 g/mol. The number of hydrogen-bond acceptors (Lipinski definition) is 3. The van der Waals surface area contributed by atoms with Gasteiger partial charge in [0.25, 0.3) is 5.91 Å². The second kappa shape index (κ2) is 6.00. The van der Waals surface area contributed by atoms with E-state index in [-0.39, 0.29) is 7.33 Å². The van der Waals surface area contributed by atoms with Crippen LogP contribution in [0.25, 0.3) is 0 Å². The Bertz CT molecular complexity index is 369. The highest BCUT2D eigenvalue weighted by molar-refractivity contribution is 5.94. The number of rotatable bonds is 5. The van der Waals surface area contributed by atoms with Crippen molar-refractivity contribution in [3.05, 3.63) is 23.8 Å². The van der Waals surface area contributed by atoms with Gasteiger partial charge in [-0.2, -0.15) is 0 Å². The van der Waals surface area contributed by atoms with Crippen molar-refractivity contribution in [1.82, 2.24) is 5.32 Å². The Morgan fingerprint density at radius 2 is 2.00 bits per heavy atom. The van der Waals surface area contributed by atoms with Gasteiger partial charge in [-0.3, -0.25) is 4.79 Å². The second-order valence-corrected chi connectivity index (χ2v) is 3.33. The molecule has 0 aliphatic rings. The van der Waals surface area contributed by atoms with Crippen LogP contribution in [0.3, 0.4) is 0 Å². The van der Waals surface area contributed by atoms with E-state index in [1.54, 1.807) is 32.4 Å². The fraction of sp³-hybridized carbons (Fsp3) is 0.417. The monoisotopic (exact) mass is 225 g/mol. The summed E-state index contributed by atoms with van der Waals surface area (Å²) in [6.45, 7) is 2.68. The Balaban J connectivity index is 0.00000256. The summed E-state index contributed by atoms with van der Waals surface area (Å²) >= 11 is 0. The first-order valence-electron chi connectivity index (χ1n) is 5.23. The molecule has 0 saturated heterocycles. The number of ether oxygens (including phenoxy) is 2. The lowest BCUT2D eigenvalue weighted by atomic mass is 10.2. The van der Waals surface area contributed by atoms with E-state index < -0.39 is 0 Å². The molecule has 1 aromatic rings. The molecule has 0 aliphatic carbocycles. The van der Waals surface area contributed by atoms with Crippen molar-refractivity contribution in [3.63, 3.8) is 0 Å². The average Bonchev–Trinajstić information content (AvgIpc) is 2.34. The minimum Gasteiger partial charge on any atom is -0.493 e. The Morgan fingerprint density at radius 3 is 2.56 bits per heavy atom. The van der Waals surface area contributed by atoms with Crippen molar-refractivity contribution in [3.8, 4) is 11.5 Å². The maximum atomic E-state index is 11.7. The highest BCUT2D eigenvalue weighted by Crippen LogP contribution is 2.27. The van der Waals surface area contributed by atoms with E-state index in [4.69, 9.17) is 9.47 Å². The van der Waals surface area contributed by atoms with Gasteiger partial charge in [0.15, 0.2) is 11.5 Å². The Morgan fingerprint density at radius 1 is 1.31 bits per heavy atom. The average molecular weight is 225 g/mol. The molecule has 1 amide bonds. The van der Waals surface area contributed by atoms with E-state index >= 15 is 0 Å². The smallest absolute Gasteiger partial charge is 0.251 e. The molecule has 0 heterocycles. The third-order valence-corrected chi connectivity index (χ3v) is 2.18. The number of carbonyl (C=O) groups excluding carboxylic acids is 1. The van der Waals surface area contributed by atoms with Gasteiger partial charge in [0.05, 0.1) is 14.2 Å². The van der Waals surface area contributed by atoms with Crippen LogP contribution in [0.15, 0.2) is 18.2 Å². The molecule has 0 radical (unpaired) electrons. The van der Waals surface area contributed by atoms with Crippen LogP contribution in [0.5, 0.6) is 11.5 Å². The molecule has 1 aromatic carbocycles. The molecule has 1 rings (SSSR count). The van der Waals surface area contributed by atoms with Crippen molar-refractivity contribution in [2.45, 2.75) is 13.3 Å². The standard InChI is InChI=1S/C12H17NO3.H2/c1-4-7-13-12(14)9-5-6-10(15-2)11(8-9)16-3;/h5-6,8H,4,7H2,1-3H3,(H,13,14);1H. The third-order valence-electron chi connectivity index (χ3n) is 2.18. The van der Waals surface area contributed by atoms with E-state index in [9.17, 15) is 4.79 Å². The van der Waals surface area contributed by atoms with Crippen LogP contribution in [-0.2, 0) is 0 Å². The van der Waals surface area contributed by atoms with Crippen molar-refractivity contribution in [1.29, 1.82) is 0 Å². The predicted octanol–water partition coefficient (Wildman–Crippen LogP) is 2.09. The lowest BCUT2D eigenvalue weighted by molar-refractivity contribution is 0.0953. The molecule has 0 atom stereocenters. The topological polar surface area (TPSA) is 47.6 Å². The maximum Gasteiger partial charge on any atom is 0.251 e. The van der Waals surface area contributed by atoms with E-state index in [0.717, 1.165) is 6.42 Å². The largest absolute Gasteiger partial charge is 0.493 e. The lowest BCUT2D eigenvalue weighted by Gasteiger charge is -2.09. The van der Waals surface area contributed by atoms with Crippen molar-refractivity contribution < 1.29 is 15.7 Å². The van der Waals surface area contributed by atoms with E-state index in [2.05, 4.69) is 5.32 Å². The SMILES string of the molecule is CCCNC(=O)c1ccc(OC)c(OC)c1.[HH]. The molecule has 0 fully saturated rings. The van der Waals surface area contributed by atoms with Crippen LogP contribution in [0.4, 0.5) is 0 Å². The summed E-state index contributed by atoms with van der Waals surface area (Å²) in [5.41, 5.74) is 0.575. The molecule has 90 valence electrons. The molecule has 0 spiro atoms. The molecule has 0 bridgehead atoms. The highest BCUT2D eigenvalue weighted by atomic mass is 16.5. The first kappa shape index (κ1) is 12.4. The van der Waals surface area contributed by atoms with Crippen molar-refractivity contribution in [2.75, 3.05) is 20.8 Å². The Kier molecular flexibility index (Phi) is 4.64. The normalized spacial score (nSPS) is 9.69. The van der Waals surface area contributed by atoms with Crippen LogP contribution in [0.2, 0.25) is 0 Å². The molecule has 0 saturated carbocycles. The van der Waals surface area contributed by atoms with Crippen LogP contribution in [0, 0.1) is 0 Å². The Hall–Kier alpha value is -1.71. The quantitative estimate of drug-likeness (QED) is 0.834. The van der Waals surface area contributed by atoms with Crippen LogP contribution >= 0.6 is 0 Å². The molecule has 0 aliphatic heterocycles. The van der Waals surface area contributed by atoms with E-state index in [1.807, 2.05) is 6.92 Å². The molecule has 16 heavy (non-hydrogen) atoms. The molecule has 4 heteroatoms.